The van der Waals surface area contributed by atoms with Crippen LogP contribution in [0.15, 0.2) is 36.9 Å². The van der Waals surface area contributed by atoms with Crippen molar-refractivity contribution in [1.29, 1.82) is 0 Å². The van der Waals surface area contributed by atoms with Gasteiger partial charge >= 0.3 is 0 Å². The molecule has 0 saturated heterocycles. The van der Waals surface area contributed by atoms with Crippen molar-refractivity contribution in [2.24, 2.45) is 0 Å². The molecular weight excluding hydrogens is 152 g/mol. The molecule has 0 aliphatic rings. The van der Waals surface area contributed by atoms with Crippen LogP contribution in [-0.2, 0) is 0 Å². The molecule has 3 heterocycles. The van der Waals surface area contributed by atoms with Crippen LogP contribution in [0.5, 0.6) is 0 Å². The van der Waals surface area contributed by atoms with Crippen LogP contribution >= 0.6 is 0 Å². The van der Waals surface area contributed by atoms with Gasteiger partial charge in [-0.1, -0.05) is 0 Å². The monoisotopic (exact) mass is 158 g/mol. The molecule has 12 heavy (non-hydrogen) atoms. The first-order valence-electron chi connectivity index (χ1n) is 3.70. The summed E-state index contributed by atoms with van der Waals surface area (Å²) in [5.74, 6) is 0. The lowest BCUT2D eigenvalue weighted by atomic mass is 10.6. The summed E-state index contributed by atoms with van der Waals surface area (Å²) in [7, 11) is 0. The quantitative estimate of drug-likeness (QED) is 0.488. The molecule has 0 spiro atoms. The predicted octanol–water partition coefficient (Wildman–Crippen LogP) is 0.982. The van der Waals surface area contributed by atoms with Crippen molar-refractivity contribution in [3.63, 3.8) is 0 Å². The fraction of sp³-hybridized carbons (Fsp3) is 0. The first-order chi connectivity index (χ1) is 5.95. The normalized spacial score (nSPS) is 11.3. The van der Waals surface area contributed by atoms with Crippen molar-refractivity contribution < 1.29 is 0 Å². The third-order valence-electron chi connectivity index (χ3n) is 1.89. The molecular formula is C8H6N4. The van der Waals surface area contributed by atoms with Gasteiger partial charge in [-0.25, -0.2) is 19.0 Å². The van der Waals surface area contributed by atoms with Gasteiger partial charge in [0.2, 0.25) is 0 Å². The Morgan fingerprint density at radius 3 is 2.58 bits per heavy atom. The summed E-state index contributed by atoms with van der Waals surface area (Å²) in [4.78, 5) is 8.35. The van der Waals surface area contributed by atoms with Crippen molar-refractivity contribution >= 4 is 11.3 Å². The van der Waals surface area contributed by atoms with E-state index in [1.165, 1.54) is 0 Å². The molecule has 0 N–H and O–H groups in total. The number of nitrogens with zero attached hydrogens (tertiary/aromatic N) is 4. The standard InChI is InChI=1S/C8H6N4/c1-2-9-7-6-8-10-3-5-12(8)11(7)4-1/h1-6H. The Balaban J connectivity index is 2.68. The minimum atomic E-state index is 0.917. The van der Waals surface area contributed by atoms with Gasteiger partial charge in [-0.2, -0.15) is 0 Å². The molecule has 0 radical (unpaired) electrons. The van der Waals surface area contributed by atoms with Gasteiger partial charge in [-0.3, -0.25) is 0 Å². The lowest BCUT2D eigenvalue weighted by Crippen LogP contribution is -1.92. The number of aromatic nitrogens is 4. The minimum absolute atomic E-state index is 0.917. The molecule has 3 rings (SSSR count). The molecule has 0 saturated carbocycles. The average molecular weight is 158 g/mol. The third kappa shape index (κ3) is 0.567. The van der Waals surface area contributed by atoms with E-state index in [0.29, 0.717) is 0 Å². The number of hydrogen-bond acceptors (Lipinski definition) is 2. The Morgan fingerprint density at radius 2 is 1.67 bits per heavy atom. The van der Waals surface area contributed by atoms with Crippen molar-refractivity contribution in [3.05, 3.63) is 36.9 Å². The number of fused-ring (bicyclic) bond motifs is 3. The summed E-state index contributed by atoms with van der Waals surface area (Å²) >= 11 is 0. The smallest absolute Gasteiger partial charge is 0.155 e. The van der Waals surface area contributed by atoms with Crippen LogP contribution < -0.4 is 0 Å². The highest BCUT2D eigenvalue weighted by Gasteiger charge is 2.00. The van der Waals surface area contributed by atoms with Gasteiger partial charge in [0.05, 0.1) is 0 Å². The van der Waals surface area contributed by atoms with Crippen molar-refractivity contribution in [2.45, 2.75) is 0 Å². The molecule has 3 aromatic heterocycles. The molecule has 4 heteroatoms. The number of imidazole rings is 1. The fourth-order valence-electron chi connectivity index (χ4n) is 1.37. The van der Waals surface area contributed by atoms with E-state index >= 15 is 0 Å². The summed E-state index contributed by atoms with van der Waals surface area (Å²) in [6.45, 7) is 0. The molecule has 0 amide bonds. The van der Waals surface area contributed by atoms with E-state index in [2.05, 4.69) is 9.97 Å². The maximum atomic E-state index is 4.19. The molecule has 0 aromatic carbocycles. The van der Waals surface area contributed by atoms with Crippen LogP contribution in [0.1, 0.15) is 0 Å². The molecule has 0 atom stereocenters. The molecule has 0 fully saturated rings. The van der Waals surface area contributed by atoms with Gasteiger partial charge in [0.1, 0.15) is 0 Å². The zero-order chi connectivity index (χ0) is 7.97. The Hall–Kier alpha value is -1.84. The maximum absolute atomic E-state index is 4.19. The fourth-order valence-corrected chi connectivity index (χ4v) is 1.37. The highest BCUT2D eigenvalue weighted by atomic mass is 15.3. The van der Waals surface area contributed by atoms with E-state index in [4.69, 9.17) is 0 Å². The molecule has 0 aliphatic carbocycles. The molecule has 4 nitrogen and oxygen atoms in total. The van der Waals surface area contributed by atoms with Gasteiger partial charge in [-0.15, -0.1) is 0 Å². The van der Waals surface area contributed by atoms with Crippen LogP contribution in [0.4, 0.5) is 0 Å². The number of hydrogen-bond donors (Lipinski definition) is 0. The average Bonchev–Trinajstić information content (AvgIpc) is 2.62. The summed E-state index contributed by atoms with van der Waals surface area (Å²) in [5, 5.41) is 0. The molecule has 3 aromatic rings. The van der Waals surface area contributed by atoms with E-state index in [0.717, 1.165) is 11.3 Å². The Morgan fingerprint density at radius 1 is 0.917 bits per heavy atom. The van der Waals surface area contributed by atoms with Gasteiger partial charge in [0.25, 0.3) is 0 Å². The lowest BCUT2D eigenvalue weighted by Gasteiger charge is -1.92. The van der Waals surface area contributed by atoms with Crippen LogP contribution in [0.2, 0.25) is 0 Å². The first-order valence-corrected chi connectivity index (χ1v) is 3.70. The predicted molar refractivity (Wildman–Crippen MR) is 43.9 cm³/mol. The SMILES string of the molecule is c1cnc2cc3nccn3n2c1. The second-order valence-corrected chi connectivity index (χ2v) is 2.60. The molecule has 0 bridgehead atoms. The van der Waals surface area contributed by atoms with Crippen molar-refractivity contribution in [1.82, 2.24) is 19.0 Å². The topological polar surface area (TPSA) is 34.6 Å². The van der Waals surface area contributed by atoms with Gasteiger partial charge in [0.15, 0.2) is 11.3 Å². The summed E-state index contributed by atoms with van der Waals surface area (Å²) in [6, 6.07) is 3.84. The highest BCUT2D eigenvalue weighted by molar-refractivity contribution is 5.52. The third-order valence-corrected chi connectivity index (χ3v) is 1.89. The van der Waals surface area contributed by atoms with Crippen LogP contribution in [-0.4, -0.2) is 19.0 Å². The second kappa shape index (κ2) is 1.85. The van der Waals surface area contributed by atoms with Crippen molar-refractivity contribution in [2.75, 3.05) is 0 Å². The van der Waals surface area contributed by atoms with E-state index in [-0.39, 0.29) is 0 Å². The van der Waals surface area contributed by atoms with E-state index in [1.807, 2.05) is 33.6 Å². The molecule has 0 aliphatic heterocycles. The van der Waals surface area contributed by atoms with Crippen LogP contribution in [0, 0.1) is 0 Å². The number of rotatable bonds is 0. The van der Waals surface area contributed by atoms with Crippen LogP contribution in [0.3, 0.4) is 0 Å². The zero-order valence-electron chi connectivity index (χ0n) is 6.25. The largest absolute Gasteiger partial charge is 0.237 e. The van der Waals surface area contributed by atoms with E-state index in [9.17, 15) is 0 Å². The van der Waals surface area contributed by atoms with E-state index in [1.54, 1.807) is 12.4 Å². The van der Waals surface area contributed by atoms with Crippen molar-refractivity contribution in [3.8, 4) is 0 Å². The van der Waals surface area contributed by atoms with E-state index < -0.39 is 0 Å². The summed E-state index contributed by atoms with van der Waals surface area (Å²) < 4.78 is 3.89. The highest BCUT2D eigenvalue weighted by Crippen LogP contribution is 2.06. The van der Waals surface area contributed by atoms with Gasteiger partial charge in [-0.05, 0) is 6.07 Å². The summed E-state index contributed by atoms with van der Waals surface area (Å²) in [6.07, 6.45) is 7.41. The Kier molecular flexibility index (Phi) is 0.889. The first kappa shape index (κ1) is 5.77. The molecule has 0 unspecified atom stereocenters. The Labute approximate surface area is 68.1 Å². The molecule has 58 valence electrons. The zero-order valence-corrected chi connectivity index (χ0v) is 6.25. The lowest BCUT2D eigenvalue weighted by molar-refractivity contribution is 0.857. The summed E-state index contributed by atoms with van der Waals surface area (Å²) in [5.41, 5.74) is 1.84. The minimum Gasteiger partial charge on any atom is -0.237 e. The second-order valence-electron chi connectivity index (χ2n) is 2.60. The van der Waals surface area contributed by atoms with Gasteiger partial charge in [0, 0.05) is 30.9 Å². The van der Waals surface area contributed by atoms with Crippen LogP contribution in [0.25, 0.3) is 11.3 Å². The Bertz CT molecular complexity index is 533. The maximum Gasteiger partial charge on any atom is 0.155 e. The van der Waals surface area contributed by atoms with Gasteiger partial charge < -0.3 is 0 Å².